The first-order valence-corrected chi connectivity index (χ1v) is 6.92. The molecule has 1 aromatic rings. The zero-order chi connectivity index (χ0) is 13.2. The molecule has 102 valence electrons. The molecule has 1 fully saturated rings. The largest absolute Gasteiger partial charge is 0.383 e. The molecule has 0 bridgehead atoms. The summed E-state index contributed by atoms with van der Waals surface area (Å²) in [7, 11) is 1.68. The van der Waals surface area contributed by atoms with Crippen molar-refractivity contribution in [2.24, 2.45) is 0 Å². The van der Waals surface area contributed by atoms with Gasteiger partial charge in [0, 0.05) is 38.3 Å². The number of methoxy groups -OCH3 is 1. The molecule has 0 radical (unpaired) electrons. The third-order valence-corrected chi connectivity index (χ3v) is 3.87. The lowest BCUT2D eigenvalue weighted by Crippen LogP contribution is -2.35. The number of rotatable bonds is 5. The highest BCUT2D eigenvalue weighted by molar-refractivity contribution is 5.95. The predicted molar refractivity (Wildman–Crippen MR) is 72.9 cm³/mol. The van der Waals surface area contributed by atoms with E-state index in [4.69, 9.17) is 4.74 Å². The first-order valence-electron chi connectivity index (χ1n) is 6.92. The van der Waals surface area contributed by atoms with E-state index < -0.39 is 0 Å². The molecule has 3 rings (SSSR count). The summed E-state index contributed by atoms with van der Waals surface area (Å²) in [6.45, 7) is 3.09. The third-order valence-electron chi connectivity index (χ3n) is 3.87. The maximum absolute atomic E-state index is 12.6. The average Bonchev–Trinajstić information content (AvgIpc) is 3.15. The Hall–Kier alpha value is -1.39. The minimum absolute atomic E-state index is 0.147. The number of amides is 1. The monoisotopic (exact) mass is 260 g/mol. The molecular weight excluding hydrogens is 240 g/mol. The quantitative estimate of drug-likeness (QED) is 0.873. The van der Waals surface area contributed by atoms with Crippen LogP contribution in [0.1, 0.15) is 34.3 Å². The van der Waals surface area contributed by atoms with Crippen LogP contribution in [0.4, 0.5) is 0 Å². The van der Waals surface area contributed by atoms with E-state index in [9.17, 15) is 4.79 Å². The summed E-state index contributed by atoms with van der Waals surface area (Å²) in [5, 5.41) is 3.31. The van der Waals surface area contributed by atoms with Crippen molar-refractivity contribution in [1.82, 2.24) is 10.2 Å². The molecule has 4 nitrogen and oxygen atoms in total. The van der Waals surface area contributed by atoms with E-state index in [0.717, 1.165) is 31.5 Å². The Bertz CT molecular complexity index is 483. The predicted octanol–water partition coefficient (Wildman–Crippen LogP) is 1.54. The lowest BCUT2D eigenvalue weighted by molar-refractivity contribution is 0.0680. The van der Waals surface area contributed by atoms with Crippen molar-refractivity contribution < 1.29 is 9.53 Å². The fraction of sp³-hybridized carbons (Fsp3) is 0.533. The Balaban J connectivity index is 1.77. The van der Waals surface area contributed by atoms with Crippen molar-refractivity contribution >= 4 is 5.91 Å². The Kier molecular flexibility index (Phi) is 3.53. The molecule has 1 heterocycles. The fourth-order valence-corrected chi connectivity index (χ4v) is 2.62. The molecule has 0 atom stereocenters. The van der Waals surface area contributed by atoms with Crippen molar-refractivity contribution in [3.05, 3.63) is 34.9 Å². The number of hydrogen-bond donors (Lipinski definition) is 1. The number of nitrogens with one attached hydrogen (secondary N) is 1. The highest BCUT2D eigenvalue weighted by atomic mass is 16.5. The molecule has 1 N–H and O–H groups in total. The van der Waals surface area contributed by atoms with Gasteiger partial charge in [-0.25, -0.2) is 0 Å². The van der Waals surface area contributed by atoms with Crippen LogP contribution in [-0.4, -0.2) is 37.1 Å². The number of hydrogen-bond acceptors (Lipinski definition) is 3. The summed E-state index contributed by atoms with van der Waals surface area (Å²) in [6, 6.07) is 6.49. The van der Waals surface area contributed by atoms with Crippen LogP contribution in [0, 0.1) is 0 Å². The second-order valence-corrected chi connectivity index (χ2v) is 5.31. The van der Waals surface area contributed by atoms with Gasteiger partial charge in [-0.1, -0.05) is 6.07 Å². The number of ether oxygens (including phenoxy) is 1. The zero-order valence-corrected chi connectivity index (χ0v) is 11.3. The highest BCUT2D eigenvalue weighted by Gasteiger charge is 2.32. The van der Waals surface area contributed by atoms with Crippen LogP contribution in [0.2, 0.25) is 0 Å². The Morgan fingerprint density at radius 3 is 2.89 bits per heavy atom. The molecular formula is C15H20N2O2. The van der Waals surface area contributed by atoms with Crippen LogP contribution in [0.3, 0.4) is 0 Å². The van der Waals surface area contributed by atoms with Crippen LogP contribution in [0.25, 0.3) is 0 Å². The van der Waals surface area contributed by atoms with Gasteiger partial charge in [0.15, 0.2) is 0 Å². The van der Waals surface area contributed by atoms with Gasteiger partial charge in [-0.15, -0.1) is 0 Å². The summed E-state index contributed by atoms with van der Waals surface area (Å²) < 4.78 is 5.11. The van der Waals surface area contributed by atoms with E-state index in [1.165, 1.54) is 11.1 Å². The van der Waals surface area contributed by atoms with Crippen LogP contribution in [-0.2, 0) is 17.8 Å². The fourth-order valence-electron chi connectivity index (χ4n) is 2.62. The molecule has 1 aromatic carbocycles. The Morgan fingerprint density at radius 2 is 2.16 bits per heavy atom. The number of nitrogens with zero attached hydrogens (tertiary/aromatic N) is 1. The van der Waals surface area contributed by atoms with E-state index in [2.05, 4.69) is 11.4 Å². The van der Waals surface area contributed by atoms with Gasteiger partial charge < -0.3 is 15.0 Å². The van der Waals surface area contributed by atoms with Gasteiger partial charge in [0.2, 0.25) is 0 Å². The summed E-state index contributed by atoms with van der Waals surface area (Å²) in [6.07, 6.45) is 2.25. The van der Waals surface area contributed by atoms with Gasteiger partial charge in [-0.2, -0.15) is 0 Å². The number of carbonyl (C=O) groups excluding carboxylic acids is 1. The van der Waals surface area contributed by atoms with Crippen LogP contribution in [0.15, 0.2) is 18.2 Å². The van der Waals surface area contributed by atoms with Crippen LogP contribution >= 0.6 is 0 Å². The van der Waals surface area contributed by atoms with E-state index >= 15 is 0 Å². The summed E-state index contributed by atoms with van der Waals surface area (Å²) >= 11 is 0. The topological polar surface area (TPSA) is 41.6 Å². The molecule has 0 unspecified atom stereocenters. The van der Waals surface area contributed by atoms with Gasteiger partial charge in [0.05, 0.1) is 6.61 Å². The number of carbonyl (C=O) groups is 1. The van der Waals surface area contributed by atoms with Gasteiger partial charge >= 0.3 is 0 Å². The lowest BCUT2D eigenvalue weighted by atomic mass is 10.1. The summed E-state index contributed by atoms with van der Waals surface area (Å²) in [5.74, 6) is 0.147. The van der Waals surface area contributed by atoms with Gasteiger partial charge in [0.1, 0.15) is 0 Å². The van der Waals surface area contributed by atoms with E-state index in [1.54, 1.807) is 7.11 Å². The standard InChI is InChI=1S/C15H20N2O2/c1-19-7-6-17(14-4-5-14)15(18)11-2-3-12-9-16-10-13(12)8-11/h2-3,8,14,16H,4-7,9-10H2,1H3. The Morgan fingerprint density at radius 1 is 1.37 bits per heavy atom. The maximum Gasteiger partial charge on any atom is 0.254 e. The summed E-state index contributed by atoms with van der Waals surface area (Å²) in [5.41, 5.74) is 3.38. The van der Waals surface area contributed by atoms with Crippen molar-refractivity contribution in [2.45, 2.75) is 32.0 Å². The third kappa shape index (κ3) is 2.65. The molecule has 1 amide bonds. The van der Waals surface area contributed by atoms with Gasteiger partial charge in [0.25, 0.3) is 5.91 Å². The minimum Gasteiger partial charge on any atom is -0.383 e. The molecule has 1 aliphatic carbocycles. The normalized spacial score (nSPS) is 17.3. The molecule has 0 saturated heterocycles. The van der Waals surface area contributed by atoms with Crippen molar-refractivity contribution in [3.63, 3.8) is 0 Å². The number of benzene rings is 1. The first kappa shape index (κ1) is 12.6. The Labute approximate surface area is 113 Å². The molecule has 1 aliphatic heterocycles. The van der Waals surface area contributed by atoms with Gasteiger partial charge in [-0.05, 0) is 36.1 Å². The SMILES string of the molecule is COCCN(C(=O)c1ccc2c(c1)CNC2)C1CC1. The molecule has 2 aliphatic rings. The molecule has 19 heavy (non-hydrogen) atoms. The van der Waals surface area contributed by atoms with Crippen molar-refractivity contribution in [2.75, 3.05) is 20.3 Å². The molecule has 0 aromatic heterocycles. The average molecular weight is 260 g/mol. The van der Waals surface area contributed by atoms with Crippen LogP contribution < -0.4 is 5.32 Å². The minimum atomic E-state index is 0.147. The lowest BCUT2D eigenvalue weighted by Gasteiger charge is -2.22. The highest BCUT2D eigenvalue weighted by Crippen LogP contribution is 2.28. The van der Waals surface area contributed by atoms with E-state index in [-0.39, 0.29) is 5.91 Å². The van der Waals surface area contributed by atoms with Gasteiger partial charge in [-0.3, -0.25) is 4.79 Å². The molecule has 4 heteroatoms. The maximum atomic E-state index is 12.6. The van der Waals surface area contributed by atoms with Crippen LogP contribution in [0.5, 0.6) is 0 Å². The second kappa shape index (κ2) is 5.31. The molecule has 1 saturated carbocycles. The van der Waals surface area contributed by atoms with E-state index in [1.807, 2.05) is 17.0 Å². The second-order valence-electron chi connectivity index (χ2n) is 5.31. The molecule has 0 spiro atoms. The smallest absolute Gasteiger partial charge is 0.254 e. The van der Waals surface area contributed by atoms with E-state index in [0.29, 0.717) is 19.2 Å². The zero-order valence-electron chi connectivity index (χ0n) is 11.3. The summed E-state index contributed by atoms with van der Waals surface area (Å²) in [4.78, 5) is 14.5. The number of fused-ring (bicyclic) bond motifs is 1. The van der Waals surface area contributed by atoms with Crippen molar-refractivity contribution in [3.8, 4) is 0 Å². The van der Waals surface area contributed by atoms with Crippen molar-refractivity contribution in [1.29, 1.82) is 0 Å². The first-order chi connectivity index (χ1) is 9.29.